The van der Waals surface area contributed by atoms with E-state index in [-0.39, 0.29) is 185 Å². The van der Waals surface area contributed by atoms with E-state index in [9.17, 15) is 92.0 Å². The third kappa shape index (κ3) is 55.2. The molecule has 36 heteroatoms. The molecule has 746 valence electrons. The SMILES string of the molecule is CC(C)(CC(=O)[C@@H](N)Cc1cnc[nH]1)C(=O)CC[C@@H](CCCCNC(=O)[C@@H](N)CCCCNC(=O)[C@@H](N)CCCCCC(=O)CC[C@H](NC(=O)CCCCCCCCCOc1ccc(C(=O)O)cc1)C(=O)O)C(=O)CN[C@@H](CCCCNC(=O)[C@@H](N)CCCCCC(=O)[C@@H](N)CCCCNC(=O)CC[C@H](CC(=O)CCCCCCCCCOc1ccc(C(=O)O)cc1)C(=O)O)C(=O)O. The Morgan fingerprint density at radius 3 is 1.27 bits per heavy atom. The van der Waals surface area contributed by atoms with Crippen LogP contribution in [-0.4, -0.2) is 218 Å². The molecular weight excluding hydrogens is 1720 g/mol. The zero-order valence-corrected chi connectivity index (χ0v) is 78.6. The van der Waals surface area contributed by atoms with Crippen LogP contribution in [0.25, 0.3) is 0 Å². The fourth-order valence-electron chi connectivity index (χ4n) is 15.3. The molecule has 3 aromatic rings. The van der Waals surface area contributed by atoms with Gasteiger partial charge in [0.15, 0.2) is 5.78 Å². The number of aromatic amines is 1. The van der Waals surface area contributed by atoms with Crippen LogP contribution < -0.4 is 70.0 Å². The van der Waals surface area contributed by atoms with Gasteiger partial charge in [0.25, 0.3) is 0 Å². The van der Waals surface area contributed by atoms with Crippen LogP contribution in [0.5, 0.6) is 11.5 Å². The van der Waals surface area contributed by atoms with Gasteiger partial charge in [-0.3, -0.25) is 67.6 Å². The van der Waals surface area contributed by atoms with Crippen molar-refractivity contribution in [3.63, 3.8) is 0 Å². The van der Waals surface area contributed by atoms with E-state index < -0.39 is 89.4 Å². The maximum atomic E-state index is 14.0. The van der Waals surface area contributed by atoms with Gasteiger partial charge in [0.1, 0.15) is 52.5 Å². The predicted molar refractivity (Wildman–Crippen MR) is 502 cm³/mol. The van der Waals surface area contributed by atoms with Gasteiger partial charge in [-0.05, 0) is 190 Å². The Balaban J connectivity index is 1.28. The fourth-order valence-corrected chi connectivity index (χ4v) is 15.3. The monoisotopic (exact) mass is 1870 g/mol. The number of nitrogens with two attached hydrogens (primary N) is 5. The third-order valence-corrected chi connectivity index (χ3v) is 23.9. The number of unbranched alkanes of at least 4 members (excludes halogenated alkanes) is 20. The number of aromatic nitrogens is 2. The molecule has 2 aromatic carbocycles. The van der Waals surface area contributed by atoms with Gasteiger partial charge >= 0.3 is 29.8 Å². The van der Waals surface area contributed by atoms with Crippen LogP contribution in [-0.2, 0) is 73.5 Å². The van der Waals surface area contributed by atoms with Gasteiger partial charge in [-0.2, -0.15) is 0 Å². The Bertz CT molecular complexity index is 3980. The summed E-state index contributed by atoms with van der Waals surface area (Å²) in [5.41, 5.74) is 30.9. The van der Waals surface area contributed by atoms with Crippen LogP contribution >= 0.6 is 0 Å². The molecule has 0 unspecified atom stereocenters. The summed E-state index contributed by atoms with van der Waals surface area (Å²) in [6.45, 7) is 5.10. The molecule has 0 spiro atoms. The lowest BCUT2D eigenvalue weighted by molar-refractivity contribution is -0.144. The minimum Gasteiger partial charge on any atom is -0.494 e. The number of ketones is 6. The number of aromatic carboxylic acids is 2. The van der Waals surface area contributed by atoms with Gasteiger partial charge in [0.2, 0.25) is 29.5 Å². The van der Waals surface area contributed by atoms with Crippen molar-refractivity contribution >= 4 is 94.1 Å². The molecule has 0 radical (unpaired) electrons. The number of hydrogen-bond donors (Lipinski definition) is 17. The number of aliphatic carboxylic acids is 3. The maximum absolute atomic E-state index is 14.0. The molecule has 0 bridgehead atoms. The summed E-state index contributed by atoms with van der Waals surface area (Å²) in [6, 6.07) is 6.22. The molecule has 1 heterocycles. The minimum atomic E-state index is -1.21. The first-order valence-corrected chi connectivity index (χ1v) is 48.2. The van der Waals surface area contributed by atoms with Crippen molar-refractivity contribution in [1.82, 2.24) is 41.9 Å². The van der Waals surface area contributed by atoms with Gasteiger partial charge in [0, 0.05) is 114 Å². The van der Waals surface area contributed by atoms with Gasteiger partial charge < -0.3 is 95.2 Å². The second-order valence-electron chi connectivity index (χ2n) is 35.8. The second-order valence-corrected chi connectivity index (χ2v) is 35.8. The van der Waals surface area contributed by atoms with Crippen LogP contribution in [0.1, 0.15) is 336 Å². The normalized spacial score (nSPS) is 13.4. The summed E-state index contributed by atoms with van der Waals surface area (Å²) in [7, 11) is 0. The molecule has 0 fully saturated rings. The molecule has 9 atom stereocenters. The number of ether oxygens (including phenoxy) is 2. The molecule has 133 heavy (non-hydrogen) atoms. The van der Waals surface area contributed by atoms with Crippen molar-refractivity contribution in [3.05, 3.63) is 77.9 Å². The van der Waals surface area contributed by atoms with E-state index in [0.29, 0.717) is 178 Å². The molecule has 0 aliphatic carbocycles. The molecule has 5 amide bonds. The van der Waals surface area contributed by atoms with E-state index in [1.165, 1.54) is 30.6 Å². The average molecular weight is 1870 g/mol. The molecule has 0 saturated carbocycles. The Kier molecular flexibility index (Phi) is 61.1. The lowest BCUT2D eigenvalue weighted by atomic mass is 9.78. The molecule has 1 aromatic heterocycles. The smallest absolute Gasteiger partial charge is 0.335 e. The molecule has 0 aliphatic rings. The highest BCUT2D eigenvalue weighted by Gasteiger charge is 2.34. The number of rotatable bonds is 85. The number of imidazole rings is 1. The number of carbonyl (C=O) groups is 16. The van der Waals surface area contributed by atoms with Crippen molar-refractivity contribution in [2.45, 2.75) is 358 Å². The summed E-state index contributed by atoms with van der Waals surface area (Å²) in [4.78, 5) is 208. The number of H-pyrrole nitrogens is 1. The molecule has 22 N–H and O–H groups in total. The third-order valence-electron chi connectivity index (χ3n) is 23.9. The number of carboxylic acid groups (broad SMARTS) is 5. The standard InChI is InChI=1S/C97H155N13O23/c1-97(2,63-84(114)80(102)62-71-64-103-66-109-71)86(116)53-45-67(31-21-25-56-105-91(121)79(101)37-23-27-57-106-89(119)77(99)35-17-13-16-32-72(111)47-52-82(96(130)131)110-88(118)40-20-10-6-4-8-12-30-60-133-75-50-43-69(44-51-75)93(124)125)85(115)65-108-81(95(128)129)38-24-28-58-107-90(120)78(100)36-18-14-19-39-83(113)76(98)34-22-26-55-104-87(117)54-46-70(94(126)127)61-73(112)33-15-9-5-3-7-11-29-59-132-74-48-41-68(42-49-74)92(122)123/h41-44,48-51,64,66-67,70,76-82,108H,3-40,45-47,52-63,65,98-102H2,1-2H3,(H,103,109)(H,104,117)(H,105,121)(H,106,119)(H,107,120)(H,110,118)(H,122,123)(H,124,125)(H,126,127)(H,128,129)(H,130,131)/t67-,70-,76+,77+,78+,79+,80+,81+,82+/m1/s1. The molecule has 3 rings (SSSR count). The summed E-state index contributed by atoms with van der Waals surface area (Å²) in [5.74, 6) is -8.99. The Morgan fingerprint density at radius 1 is 0.376 bits per heavy atom. The Morgan fingerprint density at radius 2 is 0.797 bits per heavy atom. The predicted octanol–water partition coefficient (Wildman–Crippen LogP) is 9.92. The van der Waals surface area contributed by atoms with Crippen LogP contribution in [0.15, 0.2) is 61.1 Å². The maximum Gasteiger partial charge on any atom is 0.335 e. The number of amides is 5. The van der Waals surface area contributed by atoms with Crippen LogP contribution in [0.3, 0.4) is 0 Å². The number of carbonyl (C=O) groups excluding carboxylic acids is 11. The lowest BCUT2D eigenvalue weighted by Crippen LogP contribution is -2.42. The largest absolute Gasteiger partial charge is 0.494 e. The number of benzene rings is 2. The van der Waals surface area contributed by atoms with Crippen molar-refractivity contribution < 1.29 is 112 Å². The van der Waals surface area contributed by atoms with E-state index in [1.54, 1.807) is 44.3 Å². The minimum absolute atomic E-state index is 0.00539. The highest BCUT2D eigenvalue weighted by atomic mass is 16.5. The summed E-state index contributed by atoms with van der Waals surface area (Å²) >= 11 is 0. The van der Waals surface area contributed by atoms with Gasteiger partial charge in [0.05, 0.1) is 73.3 Å². The second kappa shape index (κ2) is 69.5. The van der Waals surface area contributed by atoms with Crippen molar-refractivity contribution in [1.29, 1.82) is 0 Å². The quantitative estimate of drug-likeness (QED) is 0.0234. The van der Waals surface area contributed by atoms with Crippen molar-refractivity contribution in [3.8, 4) is 11.5 Å². The Labute approximate surface area is 783 Å². The first-order valence-electron chi connectivity index (χ1n) is 48.2. The summed E-state index contributed by atoms with van der Waals surface area (Å²) < 4.78 is 11.3. The first-order chi connectivity index (χ1) is 63.6. The molecular formula is C97H155N13O23. The van der Waals surface area contributed by atoms with Gasteiger partial charge in [-0.1, -0.05) is 110 Å². The number of nitrogens with zero attached hydrogens (tertiary/aromatic N) is 1. The summed E-state index contributed by atoms with van der Waals surface area (Å²) in [6.07, 6.45) is 25.6. The van der Waals surface area contributed by atoms with E-state index in [2.05, 4.69) is 41.9 Å². The first kappa shape index (κ1) is 117. The lowest BCUT2D eigenvalue weighted by Gasteiger charge is -2.25. The van der Waals surface area contributed by atoms with Crippen molar-refractivity contribution in [2.75, 3.05) is 45.9 Å². The topological polar surface area (TPSA) is 624 Å². The van der Waals surface area contributed by atoms with Gasteiger partial charge in [-0.15, -0.1) is 0 Å². The Hall–Kier alpha value is -10.3. The average Bonchev–Trinajstić information content (AvgIpc) is 1.31. The highest BCUT2D eigenvalue weighted by Crippen LogP contribution is 2.29. The van der Waals surface area contributed by atoms with Crippen molar-refractivity contribution in [2.24, 2.45) is 45.9 Å². The number of carboxylic acids is 5. The van der Waals surface area contributed by atoms with Gasteiger partial charge in [-0.25, -0.2) is 19.4 Å². The zero-order chi connectivity index (χ0) is 98.1. The van der Waals surface area contributed by atoms with E-state index in [1.807, 2.05) is 0 Å². The number of Topliss-reactive ketones (excluding diaryl/α,β-unsaturated/α-hetero) is 6. The molecule has 0 aliphatic heterocycles. The number of hydrogen-bond acceptors (Lipinski definition) is 25. The van der Waals surface area contributed by atoms with Crippen LogP contribution in [0.4, 0.5) is 0 Å². The van der Waals surface area contributed by atoms with E-state index >= 15 is 0 Å². The van der Waals surface area contributed by atoms with Crippen LogP contribution in [0, 0.1) is 17.3 Å². The van der Waals surface area contributed by atoms with Crippen LogP contribution in [0.2, 0.25) is 0 Å². The number of nitrogens with one attached hydrogen (secondary N) is 7. The zero-order valence-electron chi connectivity index (χ0n) is 78.6. The van der Waals surface area contributed by atoms with E-state index in [4.69, 9.17) is 48.4 Å². The molecule has 0 saturated heterocycles. The molecule has 36 nitrogen and oxygen atoms in total. The fraction of sp³-hybridized carbons (Fsp3) is 0.680. The van der Waals surface area contributed by atoms with E-state index in [0.717, 1.165) is 77.0 Å². The highest BCUT2D eigenvalue weighted by molar-refractivity contribution is 5.94. The summed E-state index contributed by atoms with van der Waals surface area (Å²) in [5, 5.41) is 64.3.